The molecule has 194 valence electrons. The average molecular weight is 551 g/mol. The summed E-state index contributed by atoms with van der Waals surface area (Å²) >= 11 is -0.298. The standard InChI is InChI=1S/C24H21F3N4O4S2/c1-23(21(32)31(22(33)29-23)18-7-9-19(10-8-18)36-24(25,26)27)14-17-11-12-28-20(13-17)30-37(34,35)15-16-5-3-2-4-6-16/h2-13H,14-15H2,1H3,(H,28,30)(H,29,33). The van der Waals surface area contributed by atoms with Crippen LogP contribution in [0.5, 0.6) is 0 Å². The number of urea groups is 1. The Labute approximate surface area is 215 Å². The first-order valence-corrected chi connectivity index (χ1v) is 13.3. The number of thioether (sulfide) groups is 1. The molecule has 3 aromatic rings. The Balaban J connectivity index is 1.47. The number of nitrogens with one attached hydrogen (secondary N) is 2. The number of nitrogens with zero attached hydrogens (tertiary/aromatic N) is 2. The minimum absolute atomic E-state index is 0.0199. The van der Waals surface area contributed by atoms with E-state index >= 15 is 0 Å². The number of hydrogen-bond acceptors (Lipinski definition) is 6. The van der Waals surface area contributed by atoms with E-state index in [0.717, 1.165) is 4.90 Å². The number of amides is 3. The topological polar surface area (TPSA) is 108 Å². The number of anilines is 2. The van der Waals surface area contributed by atoms with Gasteiger partial charge in [-0.05, 0) is 66.2 Å². The molecule has 1 unspecified atom stereocenters. The molecule has 1 fully saturated rings. The van der Waals surface area contributed by atoms with Gasteiger partial charge in [0.1, 0.15) is 11.4 Å². The summed E-state index contributed by atoms with van der Waals surface area (Å²) in [5.41, 5.74) is -4.58. The number of alkyl halides is 3. The van der Waals surface area contributed by atoms with Gasteiger partial charge in [-0.2, -0.15) is 13.2 Å². The molecule has 1 aliphatic rings. The van der Waals surface area contributed by atoms with Crippen molar-refractivity contribution in [1.82, 2.24) is 10.3 Å². The number of imide groups is 1. The molecule has 8 nitrogen and oxygen atoms in total. The van der Waals surface area contributed by atoms with Crippen molar-refractivity contribution in [2.45, 2.75) is 35.0 Å². The van der Waals surface area contributed by atoms with Crippen LogP contribution in [0.4, 0.5) is 29.5 Å². The van der Waals surface area contributed by atoms with Crippen LogP contribution < -0.4 is 14.9 Å². The maximum Gasteiger partial charge on any atom is 0.446 e. The first-order chi connectivity index (χ1) is 17.3. The number of halogens is 3. The first-order valence-electron chi connectivity index (χ1n) is 10.9. The Bertz CT molecular complexity index is 1420. The molecule has 1 saturated heterocycles. The van der Waals surface area contributed by atoms with E-state index in [1.54, 1.807) is 36.4 Å². The second-order valence-corrected chi connectivity index (χ2v) is 11.4. The molecule has 1 aromatic heterocycles. The molecule has 0 spiro atoms. The molecule has 1 atom stereocenters. The van der Waals surface area contributed by atoms with Crippen molar-refractivity contribution in [2.24, 2.45) is 0 Å². The summed E-state index contributed by atoms with van der Waals surface area (Å²) in [5.74, 6) is -0.790. The number of carbonyl (C=O) groups is 2. The van der Waals surface area contributed by atoms with E-state index in [2.05, 4.69) is 15.0 Å². The second kappa shape index (κ2) is 10.1. The van der Waals surface area contributed by atoms with Crippen molar-refractivity contribution >= 4 is 45.2 Å². The van der Waals surface area contributed by atoms with Crippen molar-refractivity contribution in [3.63, 3.8) is 0 Å². The maximum atomic E-state index is 13.2. The van der Waals surface area contributed by atoms with E-state index < -0.39 is 33.0 Å². The van der Waals surface area contributed by atoms with Crippen molar-refractivity contribution in [1.29, 1.82) is 0 Å². The zero-order chi connectivity index (χ0) is 26.8. The molecule has 37 heavy (non-hydrogen) atoms. The number of hydrogen-bond donors (Lipinski definition) is 2. The van der Waals surface area contributed by atoms with Crippen LogP contribution in [0.3, 0.4) is 0 Å². The summed E-state index contributed by atoms with van der Waals surface area (Å²) in [5, 5.41) is 2.62. The normalized spacial score (nSPS) is 18.1. The Morgan fingerprint density at radius 2 is 1.70 bits per heavy atom. The van der Waals surface area contributed by atoms with Gasteiger partial charge in [-0.25, -0.2) is 23.1 Å². The molecule has 0 saturated carbocycles. The highest BCUT2D eigenvalue weighted by Gasteiger charge is 2.48. The smallest absolute Gasteiger partial charge is 0.323 e. The Hall–Kier alpha value is -3.58. The van der Waals surface area contributed by atoms with Gasteiger partial charge in [0.2, 0.25) is 10.0 Å². The number of carbonyl (C=O) groups excluding carboxylic acids is 2. The zero-order valence-corrected chi connectivity index (χ0v) is 21.0. The van der Waals surface area contributed by atoms with Gasteiger partial charge in [-0.3, -0.25) is 9.52 Å². The molecule has 1 aliphatic heterocycles. The van der Waals surface area contributed by atoms with E-state index in [1.807, 2.05) is 0 Å². The molecular weight excluding hydrogens is 529 g/mol. The third kappa shape index (κ3) is 6.60. The third-order valence-electron chi connectivity index (χ3n) is 5.43. The van der Waals surface area contributed by atoms with Gasteiger partial charge >= 0.3 is 11.5 Å². The number of pyridine rings is 1. The molecule has 2 heterocycles. The number of aromatic nitrogens is 1. The van der Waals surface area contributed by atoms with Crippen molar-refractivity contribution in [3.05, 3.63) is 84.1 Å². The van der Waals surface area contributed by atoms with Gasteiger partial charge < -0.3 is 5.32 Å². The van der Waals surface area contributed by atoms with Crippen LogP contribution in [0.2, 0.25) is 0 Å². The fourth-order valence-electron chi connectivity index (χ4n) is 3.87. The van der Waals surface area contributed by atoms with Gasteiger partial charge in [0.25, 0.3) is 5.91 Å². The van der Waals surface area contributed by atoms with E-state index in [4.69, 9.17) is 0 Å². The average Bonchev–Trinajstić information content (AvgIpc) is 3.01. The lowest BCUT2D eigenvalue weighted by molar-refractivity contribution is -0.121. The molecule has 0 radical (unpaired) electrons. The summed E-state index contributed by atoms with van der Waals surface area (Å²) in [7, 11) is -3.76. The summed E-state index contributed by atoms with van der Waals surface area (Å²) in [6, 6.07) is 15.9. The van der Waals surface area contributed by atoms with E-state index in [1.165, 1.54) is 43.5 Å². The molecule has 0 aliphatic carbocycles. The van der Waals surface area contributed by atoms with E-state index in [9.17, 15) is 31.2 Å². The lowest BCUT2D eigenvalue weighted by Gasteiger charge is -2.22. The van der Waals surface area contributed by atoms with Gasteiger partial charge in [-0.1, -0.05) is 30.3 Å². The van der Waals surface area contributed by atoms with Crippen LogP contribution in [-0.2, 0) is 27.0 Å². The van der Waals surface area contributed by atoms with Gasteiger partial charge in [0, 0.05) is 17.5 Å². The van der Waals surface area contributed by atoms with E-state index in [-0.39, 0.29) is 40.3 Å². The quantitative estimate of drug-likeness (QED) is 0.311. The predicted octanol–water partition coefficient (Wildman–Crippen LogP) is 4.69. The molecular formula is C24H21F3N4O4S2. The number of rotatable bonds is 8. The Morgan fingerprint density at radius 3 is 2.35 bits per heavy atom. The largest absolute Gasteiger partial charge is 0.446 e. The van der Waals surface area contributed by atoms with Gasteiger partial charge in [0.05, 0.1) is 11.4 Å². The van der Waals surface area contributed by atoms with Crippen LogP contribution in [-0.4, -0.2) is 36.4 Å². The van der Waals surface area contributed by atoms with Crippen molar-refractivity contribution in [2.75, 3.05) is 9.62 Å². The molecule has 2 aromatic carbocycles. The molecule has 4 rings (SSSR count). The van der Waals surface area contributed by atoms with Crippen LogP contribution in [0.1, 0.15) is 18.1 Å². The summed E-state index contributed by atoms with van der Waals surface area (Å²) in [4.78, 5) is 30.7. The van der Waals surface area contributed by atoms with Crippen LogP contribution >= 0.6 is 11.8 Å². The molecule has 2 N–H and O–H groups in total. The van der Waals surface area contributed by atoms with Crippen LogP contribution in [0.15, 0.2) is 77.8 Å². The fourth-order valence-corrected chi connectivity index (χ4v) is 5.55. The van der Waals surface area contributed by atoms with Crippen LogP contribution in [0.25, 0.3) is 0 Å². The molecule has 13 heteroatoms. The van der Waals surface area contributed by atoms with Crippen molar-refractivity contribution < 1.29 is 31.2 Å². The highest BCUT2D eigenvalue weighted by molar-refractivity contribution is 8.00. The highest BCUT2D eigenvalue weighted by Crippen LogP contribution is 2.38. The van der Waals surface area contributed by atoms with Gasteiger partial charge in [0.15, 0.2) is 0 Å². The first kappa shape index (κ1) is 26.5. The zero-order valence-electron chi connectivity index (χ0n) is 19.3. The lowest BCUT2D eigenvalue weighted by Crippen LogP contribution is -2.46. The summed E-state index contributed by atoms with van der Waals surface area (Å²) in [6.07, 6.45) is 1.40. The SMILES string of the molecule is CC1(Cc2ccnc(NS(=O)(=O)Cc3ccccc3)c2)NC(=O)N(c2ccc(SC(F)(F)F)cc2)C1=O. The maximum absolute atomic E-state index is 13.2. The fraction of sp³-hybridized carbons (Fsp3) is 0.208. The third-order valence-corrected chi connectivity index (χ3v) is 7.40. The minimum Gasteiger partial charge on any atom is -0.323 e. The highest BCUT2D eigenvalue weighted by atomic mass is 32.2. The lowest BCUT2D eigenvalue weighted by atomic mass is 9.93. The Morgan fingerprint density at radius 1 is 1.03 bits per heavy atom. The van der Waals surface area contributed by atoms with Gasteiger partial charge in [-0.15, -0.1) is 0 Å². The molecule has 3 amide bonds. The van der Waals surface area contributed by atoms with Crippen molar-refractivity contribution in [3.8, 4) is 0 Å². The minimum atomic E-state index is -4.46. The predicted molar refractivity (Wildman–Crippen MR) is 133 cm³/mol. The van der Waals surface area contributed by atoms with E-state index in [0.29, 0.717) is 11.1 Å². The summed E-state index contributed by atoms with van der Waals surface area (Å²) in [6.45, 7) is 1.51. The van der Waals surface area contributed by atoms with Crippen LogP contribution in [0, 0.1) is 0 Å². The number of sulfonamides is 1. The monoisotopic (exact) mass is 550 g/mol. The molecule has 0 bridgehead atoms. The second-order valence-electron chi connectivity index (χ2n) is 8.52. The summed E-state index contributed by atoms with van der Waals surface area (Å²) < 4.78 is 65.3. The Kier molecular flexibility index (Phi) is 7.20. The number of benzene rings is 2.